The van der Waals surface area contributed by atoms with Gasteiger partial charge in [-0.15, -0.1) is 0 Å². The molecular weight excluding hydrogens is 402 g/mol. The number of hydrogen-bond acceptors (Lipinski definition) is 4. The summed E-state index contributed by atoms with van der Waals surface area (Å²) in [5, 5.41) is 0. The van der Waals surface area contributed by atoms with E-state index in [4.69, 9.17) is 4.74 Å². The molecule has 6 heteroatoms. The number of rotatable bonds is 6. The van der Waals surface area contributed by atoms with Gasteiger partial charge in [0.25, 0.3) is 0 Å². The van der Waals surface area contributed by atoms with E-state index in [0.29, 0.717) is 18.4 Å². The van der Waals surface area contributed by atoms with Crippen LogP contribution >= 0.6 is 0 Å². The van der Waals surface area contributed by atoms with Crippen molar-refractivity contribution in [3.63, 3.8) is 0 Å². The van der Waals surface area contributed by atoms with Crippen molar-refractivity contribution in [1.82, 2.24) is 14.7 Å². The van der Waals surface area contributed by atoms with Crippen molar-refractivity contribution in [2.45, 2.75) is 123 Å². The average Bonchev–Trinajstić information content (AvgIpc) is 2.76. The Kier molecular flexibility index (Phi) is 8.88. The van der Waals surface area contributed by atoms with Crippen molar-refractivity contribution in [3.05, 3.63) is 0 Å². The Morgan fingerprint density at radius 1 is 1.06 bits per heavy atom. The molecule has 0 aromatic rings. The second-order valence-corrected chi connectivity index (χ2v) is 11.0. The zero-order valence-electron chi connectivity index (χ0n) is 21.4. The molecule has 6 nitrogen and oxygen atoms in total. The molecule has 3 aliphatic rings. The number of carbonyl (C=O) groups is 2. The summed E-state index contributed by atoms with van der Waals surface area (Å²) >= 11 is 0. The van der Waals surface area contributed by atoms with Crippen LogP contribution in [0.1, 0.15) is 92.4 Å². The van der Waals surface area contributed by atoms with Crippen LogP contribution in [0.25, 0.3) is 0 Å². The molecule has 1 saturated heterocycles. The summed E-state index contributed by atoms with van der Waals surface area (Å²) in [6.45, 7) is 11.6. The summed E-state index contributed by atoms with van der Waals surface area (Å²) < 4.78 is 5.62. The number of piperazine rings is 1. The van der Waals surface area contributed by atoms with Gasteiger partial charge in [0, 0.05) is 32.1 Å². The molecule has 4 unspecified atom stereocenters. The Morgan fingerprint density at radius 3 is 2.34 bits per heavy atom. The molecule has 2 amide bonds. The van der Waals surface area contributed by atoms with Crippen LogP contribution in [0.15, 0.2) is 0 Å². The van der Waals surface area contributed by atoms with Crippen LogP contribution in [0, 0.1) is 11.8 Å². The van der Waals surface area contributed by atoms with Crippen LogP contribution in [0.5, 0.6) is 0 Å². The minimum absolute atomic E-state index is 0.0319. The first kappa shape index (κ1) is 25.3. The highest BCUT2D eigenvalue weighted by Gasteiger charge is 2.47. The standard InChI is InChI=1S/C26H47N3O3/c1-7-21(17-27(6)23-11-9-8-10-12-23)22-13-14-24-25(15-22)28(26(31)32-18(2)3)16-19(4)29(24)20(5)30/h18-19,21-25H,7-17H2,1-6H3/t19-,21?,22?,24?,25?/m0/s1. The van der Waals surface area contributed by atoms with Gasteiger partial charge in [-0.1, -0.05) is 32.6 Å². The summed E-state index contributed by atoms with van der Waals surface area (Å²) in [5.74, 6) is 1.35. The fourth-order valence-electron chi connectivity index (χ4n) is 6.76. The molecular formula is C26H47N3O3. The second kappa shape index (κ2) is 11.2. The quantitative estimate of drug-likeness (QED) is 0.578. The van der Waals surface area contributed by atoms with Crippen LogP contribution in [0.4, 0.5) is 4.79 Å². The molecule has 5 atom stereocenters. The summed E-state index contributed by atoms with van der Waals surface area (Å²) in [5.41, 5.74) is 0. The van der Waals surface area contributed by atoms with Crippen molar-refractivity contribution in [2.75, 3.05) is 20.1 Å². The lowest BCUT2D eigenvalue weighted by Gasteiger charge is -2.54. The lowest BCUT2D eigenvalue weighted by Crippen LogP contribution is -2.67. The van der Waals surface area contributed by atoms with Gasteiger partial charge in [0.1, 0.15) is 0 Å². The third-order valence-electron chi connectivity index (χ3n) is 8.36. The molecule has 1 heterocycles. The predicted molar refractivity (Wildman–Crippen MR) is 129 cm³/mol. The van der Waals surface area contributed by atoms with Crippen LogP contribution in [0.2, 0.25) is 0 Å². The molecule has 3 rings (SSSR count). The van der Waals surface area contributed by atoms with Crippen molar-refractivity contribution in [1.29, 1.82) is 0 Å². The van der Waals surface area contributed by atoms with E-state index in [1.807, 2.05) is 18.7 Å². The van der Waals surface area contributed by atoms with Crippen LogP contribution in [0.3, 0.4) is 0 Å². The van der Waals surface area contributed by atoms with Gasteiger partial charge in [-0.25, -0.2) is 4.79 Å². The van der Waals surface area contributed by atoms with E-state index in [2.05, 4.69) is 30.7 Å². The second-order valence-electron chi connectivity index (χ2n) is 11.0. The van der Waals surface area contributed by atoms with Gasteiger partial charge in [0.15, 0.2) is 0 Å². The topological polar surface area (TPSA) is 53.1 Å². The van der Waals surface area contributed by atoms with E-state index in [0.717, 1.165) is 31.8 Å². The Balaban J connectivity index is 1.74. The van der Waals surface area contributed by atoms with Gasteiger partial charge in [0.05, 0.1) is 18.2 Å². The minimum Gasteiger partial charge on any atom is -0.447 e. The van der Waals surface area contributed by atoms with E-state index < -0.39 is 0 Å². The monoisotopic (exact) mass is 449 g/mol. The maximum absolute atomic E-state index is 13.0. The van der Waals surface area contributed by atoms with Gasteiger partial charge < -0.3 is 19.4 Å². The summed E-state index contributed by atoms with van der Waals surface area (Å²) in [6, 6.07) is 0.940. The Labute approximate surface area is 196 Å². The molecule has 0 aromatic carbocycles. The van der Waals surface area contributed by atoms with E-state index in [1.54, 1.807) is 6.92 Å². The zero-order chi connectivity index (χ0) is 23.4. The van der Waals surface area contributed by atoms with Gasteiger partial charge in [0.2, 0.25) is 5.91 Å². The number of fused-ring (bicyclic) bond motifs is 1. The van der Waals surface area contributed by atoms with E-state index >= 15 is 0 Å². The molecule has 2 saturated carbocycles. The van der Waals surface area contributed by atoms with Crippen molar-refractivity contribution >= 4 is 12.0 Å². The fraction of sp³-hybridized carbons (Fsp3) is 0.923. The predicted octanol–water partition coefficient (Wildman–Crippen LogP) is 4.91. The summed E-state index contributed by atoms with van der Waals surface area (Å²) in [6.07, 6.45) is 10.7. The molecule has 0 bridgehead atoms. The minimum atomic E-state index is -0.210. The highest BCUT2D eigenvalue weighted by atomic mass is 16.6. The molecule has 184 valence electrons. The number of amides is 2. The van der Waals surface area contributed by atoms with Crippen LogP contribution in [-0.2, 0) is 9.53 Å². The SMILES string of the molecule is CCC(CN(C)C1CCCCC1)C1CCC2C(C1)N(C(=O)OC(C)C)C[C@H](C)N2C(C)=O. The Bertz CT molecular complexity index is 634. The van der Waals surface area contributed by atoms with E-state index in [-0.39, 0.29) is 36.2 Å². The largest absolute Gasteiger partial charge is 0.447 e. The normalized spacial score (nSPS) is 30.4. The smallest absolute Gasteiger partial charge is 0.410 e. The molecule has 3 fully saturated rings. The average molecular weight is 450 g/mol. The third-order valence-corrected chi connectivity index (χ3v) is 8.36. The van der Waals surface area contributed by atoms with Gasteiger partial charge >= 0.3 is 6.09 Å². The lowest BCUT2D eigenvalue weighted by molar-refractivity contribution is -0.142. The van der Waals surface area contributed by atoms with Gasteiger partial charge in [-0.05, 0) is 71.8 Å². The third kappa shape index (κ3) is 5.78. The van der Waals surface area contributed by atoms with Crippen molar-refractivity contribution < 1.29 is 14.3 Å². The first-order valence-corrected chi connectivity index (χ1v) is 13.2. The summed E-state index contributed by atoms with van der Waals surface area (Å²) in [7, 11) is 2.32. The number of ether oxygens (including phenoxy) is 1. The lowest BCUT2D eigenvalue weighted by atomic mass is 9.72. The zero-order valence-corrected chi connectivity index (χ0v) is 21.4. The Morgan fingerprint density at radius 2 is 1.75 bits per heavy atom. The fourth-order valence-corrected chi connectivity index (χ4v) is 6.76. The van der Waals surface area contributed by atoms with Crippen LogP contribution < -0.4 is 0 Å². The van der Waals surface area contributed by atoms with E-state index in [9.17, 15) is 9.59 Å². The van der Waals surface area contributed by atoms with Gasteiger partial charge in [-0.3, -0.25) is 4.79 Å². The molecule has 2 aliphatic carbocycles. The summed E-state index contributed by atoms with van der Waals surface area (Å²) in [4.78, 5) is 32.1. The Hall–Kier alpha value is -1.30. The molecule has 0 spiro atoms. The van der Waals surface area contributed by atoms with E-state index in [1.165, 1.54) is 38.5 Å². The first-order chi connectivity index (χ1) is 15.2. The van der Waals surface area contributed by atoms with Gasteiger partial charge in [-0.2, -0.15) is 0 Å². The molecule has 0 N–H and O–H groups in total. The molecule has 1 aliphatic heterocycles. The number of nitrogens with zero attached hydrogens (tertiary/aromatic N) is 3. The number of carbonyl (C=O) groups excluding carboxylic acids is 2. The first-order valence-electron chi connectivity index (χ1n) is 13.2. The molecule has 0 aromatic heterocycles. The number of hydrogen-bond donors (Lipinski definition) is 0. The van der Waals surface area contributed by atoms with Crippen molar-refractivity contribution in [2.24, 2.45) is 11.8 Å². The molecule has 32 heavy (non-hydrogen) atoms. The maximum atomic E-state index is 13.0. The highest BCUT2D eigenvalue weighted by molar-refractivity contribution is 5.75. The maximum Gasteiger partial charge on any atom is 0.410 e. The molecule has 0 radical (unpaired) electrons. The van der Waals surface area contributed by atoms with Crippen molar-refractivity contribution in [3.8, 4) is 0 Å². The van der Waals surface area contributed by atoms with Crippen LogP contribution in [-0.4, -0.2) is 77.1 Å². The highest BCUT2D eigenvalue weighted by Crippen LogP contribution is 2.40.